The number of carbonyl (C=O) groups is 2. The Kier molecular flexibility index (Phi) is 4.69. The third kappa shape index (κ3) is 3.53. The molecule has 0 fully saturated rings. The Morgan fingerprint density at radius 2 is 1.75 bits per heavy atom. The van der Waals surface area contributed by atoms with Crippen LogP contribution in [0, 0.1) is 6.92 Å². The standard InChI is InChI=1S/C22H21N3O3/c1-14-6-10-17(11-7-14)25-20-5-3-4-19(20)21(24-25)22(27)28-18-12-8-16(9-13-18)23-15(2)26/h6-13H,3-5H2,1-2H3,(H,23,26). The molecule has 0 atom stereocenters. The van der Waals surface area contributed by atoms with E-state index in [1.165, 1.54) is 12.5 Å². The summed E-state index contributed by atoms with van der Waals surface area (Å²) in [7, 11) is 0. The molecular weight excluding hydrogens is 354 g/mol. The summed E-state index contributed by atoms with van der Waals surface area (Å²) in [4.78, 5) is 23.9. The first-order valence-electron chi connectivity index (χ1n) is 9.29. The van der Waals surface area contributed by atoms with Gasteiger partial charge in [-0.2, -0.15) is 5.10 Å². The quantitative estimate of drug-likeness (QED) is 0.555. The van der Waals surface area contributed by atoms with Crippen LogP contribution in [0.25, 0.3) is 5.69 Å². The molecule has 0 saturated heterocycles. The van der Waals surface area contributed by atoms with E-state index in [2.05, 4.69) is 10.4 Å². The summed E-state index contributed by atoms with van der Waals surface area (Å²) in [5.41, 5.74) is 5.20. The van der Waals surface area contributed by atoms with Gasteiger partial charge in [0.2, 0.25) is 5.91 Å². The molecule has 6 heteroatoms. The maximum atomic E-state index is 12.8. The Hall–Kier alpha value is -3.41. The number of fused-ring (bicyclic) bond motifs is 1. The number of ether oxygens (including phenoxy) is 1. The number of amides is 1. The minimum Gasteiger partial charge on any atom is -0.422 e. The molecule has 1 amide bonds. The largest absolute Gasteiger partial charge is 0.422 e. The number of carbonyl (C=O) groups excluding carboxylic acids is 2. The average molecular weight is 375 g/mol. The third-order valence-corrected chi connectivity index (χ3v) is 4.79. The molecule has 142 valence electrons. The Bertz CT molecular complexity index is 1030. The molecule has 2 aromatic carbocycles. The summed E-state index contributed by atoms with van der Waals surface area (Å²) >= 11 is 0. The molecule has 0 saturated carbocycles. The van der Waals surface area contributed by atoms with Gasteiger partial charge in [-0.3, -0.25) is 4.79 Å². The minimum atomic E-state index is -0.462. The zero-order valence-corrected chi connectivity index (χ0v) is 15.9. The molecule has 1 N–H and O–H groups in total. The van der Waals surface area contributed by atoms with Gasteiger partial charge in [-0.15, -0.1) is 0 Å². The number of hydrogen-bond donors (Lipinski definition) is 1. The van der Waals surface area contributed by atoms with Crippen LogP contribution < -0.4 is 10.1 Å². The SMILES string of the molecule is CC(=O)Nc1ccc(OC(=O)c2nn(-c3ccc(C)cc3)c3c2CCC3)cc1. The van der Waals surface area contributed by atoms with Gasteiger partial charge in [-0.1, -0.05) is 17.7 Å². The van der Waals surface area contributed by atoms with Crippen LogP contribution in [0.2, 0.25) is 0 Å². The van der Waals surface area contributed by atoms with Crippen LogP contribution in [0.15, 0.2) is 48.5 Å². The van der Waals surface area contributed by atoms with Crippen molar-refractivity contribution in [3.63, 3.8) is 0 Å². The number of benzene rings is 2. The number of nitrogens with zero attached hydrogens (tertiary/aromatic N) is 2. The van der Waals surface area contributed by atoms with E-state index in [1.54, 1.807) is 24.3 Å². The summed E-state index contributed by atoms with van der Waals surface area (Å²) in [6, 6.07) is 14.8. The molecule has 0 bridgehead atoms. The molecule has 1 aliphatic carbocycles. The molecular formula is C22H21N3O3. The van der Waals surface area contributed by atoms with E-state index in [4.69, 9.17) is 4.74 Å². The van der Waals surface area contributed by atoms with Crippen molar-refractivity contribution in [2.45, 2.75) is 33.1 Å². The summed E-state index contributed by atoms with van der Waals surface area (Å²) in [6.45, 7) is 3.48. The number of nitrogens with one attached hydrogen (secondary N) is 1. The maximum Gasteiger partial charge on any atom is 0.364 e. The van der Waals surface area contributed by atoms with Gasteiger partial charge in [0.25, 0.3) is 0 Å². The van der Waals surface area contributed by atoms with E-state index in [0.29, 0.717) is 17.1 Å². The minimum absolute atomic E-state index is 0.151. The fourth-order valence-electron chi connectivity index (χ4n) is 3.47. The van der Waals surface area contributed by atoms with Gasteiger partial charge in [0.1, 0.15) is 5.75 Å². The molecule has 0 spiro atoms. The van der Waals surface area contributed by atoms with Crippen molar-refractivity contribution in [1.29, 1.82) is 0 Å². The molecule has 28 heavy (non-hydrogen) atoms. The molecule has 6 nitrogen and oxygen atoms in total. The molecule has 4 rings (SSSR count). The number of rotatable bonds is 4. The number of anilines is 1. The van der Waals surface area contributed by atoms with Gasteiger partial charge in [0.05, 0.1) is 5.69 Å². The first-order valence-corrected chi connectivity index (χ1v) is 9.29. The second kappa shape index (κ2) is 7.31. The second-order valence-electron chi connectivity index (χ2n) is 6.97. The molecule has 3 aromatic rings. The molecule has 1 aliphatic rings. The van der Waals surface area contributed by atoms with E-state index >= 15 is 0 Å². The Morgan fingerprint density at radius 3 is 2.43 bits per heavy atom. The van der Waals surface area contributed by atoms with Crippen molar-refractivity contribution in [2.24, 2.45) is 0 Å². The van der Waals surface area contributed by atoms with E-state index in [9.17, 15) is 9.59 Å². The van der Waals surface area contributed by atoms with Gasteiger partial charge in [0.15, 0.2) is 5.69 Å². The number of esters is 1. The average Bonchev–Trinajstić information content (AvgIpc) is 3.26. The van der Waals surface area contributed by atoms with Crippen LogP contribution in [0.4, 0.5) is 5.69 Å². The zero-order valence-electron chi connectivity index (χ0n) is 15.9. The lowest BCUT2D eigenvalue weighted by Crippen LogP contribution is -2.12. The summed E-state index contributed by atoms with van der Waals surface area (Å²) in [6.07, 6.45) is 2.73. The van der Waals surface area contributed by atoms with Gasteiger partial charge >= 0.3 is 5.97 Å². The fraction of sp³-hybridized carbons (Fsp3) is 0.227. The first-order chi connectivity index (χ1) is 13.5. The lowest BCUT2D eigenvalue weighted by Gasteiger charge is -2.06. The van der Waals surface area contributed by atoms with E-state index in [0.717, 1.165) is 36.2 Å². The third-order valence-electron chi connectivity index (χ3n) is 4.79. The Balaban J connectivity index is 1.59. The number of aryl methyl sites for hydroxylation is 1. The monoisotopic (exact) mass is 375 g/mol. The van der Waals surface area contributed by atoms with Crippen LogP contribution in [-0.4, -0.2) is 21.7 Å². The molecule has 0 unspecified atom stereocenters. The highest BCUT2D eigenvalue weighted by Crippen LogP contribution is 2.29. The van der Waals surface area contributed by atoms with Crippen LogP contribution >= 0.6 is 0 Å². The summed E-state index contributed by atoms with van der Waals surface area (Å²) < 4.78 is 7.39. The summed E-state index contributed by atoms with van der Waals surface area (Å²) in [5, 5.41) is 7.25. The molecule has 1 heterocycles. The van der Waals surface area contributed by atoms with Gasteiger partial charge in [-0.05, 0) is 62.6 Å². The maximum absolute atomic E-state index is 12.8. The predicted octanol–water partition coefficient (Wildman–Crippen LogP) is 3.85. The highest BCUT2D eigenvalue weighted by Gasteiger charge is 2.28. The highest BCUT2D eigenvalue weighted by molar-refractivity contribution is 5.91. The summed E-state index contributed by atoms with van der Waals surface area (Å²) in [5.74, 6) is -0.200. The van der Waals surface area contributed by atoms with Crippen molar-refractivity contribution in [3.05, 3.63) is 71.0 Å². The van der Waals surface area contributed by atoms with Crippen molar-refractivity contribution >= 4 is 17.6 Å². The second-order valence-corrected chi connectivity index (χ2v) is 6.97. The van der Waals surface area contributed by atoms with E-state index in [-0.39, 0.29) is 5.91 Å². The zero-order chi connectivity index (χ0) is 19.7. The molecule has 0 aliphatic heterocycles. The fourth-order valence-corrected chi connectivity index (χ4v) is 3.47. The Morgan fingerprint density at radius 1 is 1.04 bits per heavy atom. The van der Waals surface area contributed by atoms with Crippen molar-refractivity contribution in [3.8, 4) is 11.4 Å². The van der Waals surface area contributed by atoms with Crippen LogP contribution in [-0.2, 0) is 17.6 Å². The van der Waals surface area contributed by atoms with Gasteiger partial charge in [0, 0.05) is 23.9 Å². The lowest BCUT2D eigenvalue weighted by atomic mass is 10.2. The lowest BCUT2D eigenvalue weighted by molar-refractivity contribution is -0.114. The smallest absolute Gasteiger partial charge is 0.364 e. The van der Waals surface area contributed by atoms with Gasteiger partial charge in [-0.25, -0.2) is 9.48 Å². The van der Waals surface area contributed by atoms with E-state index < -0.39 is 5.97 Å². The normalized spacial score (nSPS) is 12.5. The van der Waals surface area contributed by atoms with E-state index in [1.807, 2.05) is 35.9 Å². The predicted molar refractivity (Wildman–Crippen MR) is 106 cm³/mol. The number of hydrogen-bond acceptors (Lipinski definition) is 4. The van der Waals surface area contributed by atoms with Crippen molar-refractivity contribution in [1.82, 2.24) is 9.78 Å². The topological polar surface area (TPSA) is 73.2 Å². The van der Waals surface area contributed by atoms with Crippen molar-refractivity contribution in [2.75, 3.05) is 5.32 Å². The van der Waals surface area contributed by atoms with Crippen molar-refractivity contribution < 1.29 is 14.3 Å². The first kappa shape index (κ1) is 18.0. The highest BCUT2D eigenvalue weighted by atomic mass is 16.5. The molecule has 0 radical (unpaired) electrons. The Labute approximate surface area is 163 Å². The van der Waals surface area contributed by atoms with Crippen LogP contribution in [0.1, 0.15) is 40.7 Å². The van der Waals surface area contributed by atoms with Crippen LogP contribution in [0.3, 0.4) is 0 Å². The number of aromatic nitrogens is 2. The molecule has 1 aromatic heterocycles. The van der Waals surface area contributed by atoms with Crippen LogP contribution in [0.5, 0.6) is 5.75 Å². The van der Waals surface area contributed by atoms with Gasteiger partial charge < -0.3 is 10.1 Å².